The minimum Gasteiger partial charge on any atom is -0.336 e. The minimum atomic E-state index is 0.0191. The van der Waals surface area contributed by atoms with E-state index in [1.54, 1.807) is 4.90 Å². The molecular weight excluding hydrogens is 202 g/mol. The van der Waals surface area contributed by atoms with Crippen molar-refractivity contribution < 1.29 is 4.79 Å². The maximum Gasteiger partial charge on any atom is 0.317 e. The molecule has 0 radical (unpaired) electrons. The number of hydrogen-bond acceptors (Lipinski definition) is 2. The predicted octanol–water partition coefficient (Wildman–Crippen LogP) is 1.43. The molecule has 4 nitrogen and oxygen atoms in total. The third-order valence-corrected chi connectivity index (χ3v) is 3.61. The summed E-state index contributed by atoms with van der Waals surface area (Å²) in [5, 5.41) is 6.47. The van der Waals surface area contributed by atoms with Crippen molar-refractivity contribution in [2.24, 2.45) is 5.41 Å². The van der Waals surface area contributed by atoms with Crippen LogP contribution in [-0.2, 0) is 0 Å². The zero-order valence-electron chi connectivity index (χ0n) is 11.0. The maximum atomic E-state index is 11.6. The van der Waals surface area contributed by atoms with E-state index < -0.39 is 0 Å². The minimum absolute atomic E-state index is 0.0191. The van der Waals surface area contributed by atoms with Gasteiger partial charge in [0.1, 0.15) is 0 Å². The van der Waals surface area contributed by atoms with Crippen LogP contribution in [0.2, 0.25) is 0 Å². The fraction of sp³-hybridized carbons (Fsp3) is 0.917. The third-order valence-electron chi connectivity index (χ3n) is 3.61. The molecule has 0 bridgehead atoms. The van der Waals surface area contributed by atoms with Gasteiger partial charge in [0.2, 0.25) is 0 Å². The van der Waals surface area contributed by atoms with Crippen LogP contribution in [0.5, 0.6) is 0 Å². The lowest BCUT2D eigenvalue weighted by atomic mass is 9.77. The maximum absolute atomic E-state index is 11.6. The summed E-state index contributed by atoms with van der Waals surface area (Å²) in [5.74, 6) is 0. The highest BCUT2D eigenvalue weighted by Crippen LogP contribution is 2.29. The number of carbonyl (C=O) groups excluding carboxylic acids is 1. The second kappa shape index (κ2) is 5.53. The Kier molecular flexibility index (Phi) is 4.59. The van der Waals surface area contributed by atoms with E-state index in [-0.39, 0.29) is 11.4 Å². The Morgan fingerprint density at radius 1 is 1.56 bits per heavy atom. The van der Waals surface area contributed by atoms with Gasteiger partial charge in [0.15, 0.2) is 0 Å². The summed E-state index contributed by atoms with van der Waals surface area (Å²) in [6, 6.07) is 0.404. The predicted molar refractivity (Wildman–Crippen MR) is 66.5 cm³/mol. The Morgan fingerprint density at radius 2 is 2.25 bits per heavy atom. The first-order valence-corrected chi connectivity index (χ1v) is 6.19. The van der Waals surface area contributed by atoms with E-state index in [1.165, 1.54) is 12.8 Å². The molecule has 0 aromatic carbocycles. The quantitative estimate of drug-likeness (QED) is 0.766. The van der Waals surface area contributed by atoms with Crippen molar-refractivity contribution >= 4 is 6.03 Å². The van der Waals surface area contributed by atoms with Gasteiger partial charge in [-0.2, -0.15) is 0 Å². The average molecular weight is 227 g/mol. The zero-order chi connectivity index (χ0) is 12.2. The molecule has 1 aliphatic heterocycles. The van der Waals surface area contributed by atoms with Gasteiger partial charge in [-0.25, -0.2) is 4.79 Å². The van der Waals surface area contributed by atoms with E-state index in [4.69, 9.17) is 0 Å². The van der Waals surface area contributed by atoms with Crippen LogP contribution >= 0.6 is 0 Å². The molecular formula is C12H25N3O. The fourth-order valence-corrected chi connectivity index (χ4v) is 2.09. The summed E-state index contributed by atoms with van der Waals surface area (Å²) < 4.78 is 0. The van der Waals surface area contributed by atoms with E-state index in [9.17, 15) is 4.79 Å². The molecule has 1 aliphatic rings. The van der Waals surface area contributed by atoms with Crippen LogP contribution in [0.15, 0.2) is 0 Å². The van der Waals surface area contributed by atoms with Gasteiger partial charge in [0.05, 0.1) is 0 Å². The van der Waals surface area contributed by atoms with E-state index in [0.29, 0.717) is 6.04 Å². The molecule has 0 aliphatic carbocycles. The van der Waals surface area contributed by atoms with Gasteiger partial charge in [0, 0.05) is 26.2 Å². The van der Waals surface area contributed by atoms with Crippen molar-refractivity contribution in [3.8, 4) is 0 Å². The number of hydrogen-bond donors (Lipinski definition) is 2. The highest BCUT2D eigenvalue weighted by atomic mass is 16.2. The number of carbonyl (C=O) groups is 1. The van der Waals surface area contributed by atoms with Crippen LogP contribution in [0.1, 0.15) is 33.6 Å². The van der Waals surface area contributed by atoms with Crippen LogP contribution in [0.4, 0.5) is 4.79 Å². The first kappa shape index (κ1) is 13.3. The Balaban J connectivity index is 2.39. The first-order valence-electron chi connectivity index (χ1n) is 6.19. The lowest BCUT2D eigenvalue weighted by molar-refractivity contribution is 0.169. The van der Waals surface area contributed by atoms with Crippen molar-refractivity contribution in [3.63, 3.8) is 0 Å². The molecule has 0 saturated carbocycles. The summed E-state index contributed by atoms with van der Waals surface area (Å²) in [6.45, 7) is 9.03. The number of nitrogens with one attached hydrogen (secondary N) is 2. The average Bonchev–Trinajstić information content (AvgIpc) is 2.25. The van der Waals surface area contributed by atoms with E-state index in [0.717, 1.165) is 19.6 Å². The van der Waals surface area contributed by atoms with Crippen LogP contribution in [0.25, 0.3) is 0 Å². The first-order chi connectivity index (χ1) is 7.47. The molecule has 1 heterocycles. The third kappa shape index (κ3) is 3.37. The molecule has 2 N–H and O–H groups in total. The molecule has 0 aromatic rings. The number of urea groups is 1. The largest absolute Gasteiger partial charge is 0.336 e. The van der Waals surface area contributed by atoms with Gasteiger partial charge in [0.25, 0.3) is 0 Å². The van der Waals surface area contributed by atoms with Gasteiger partial charge in [-0.05, 0) is 31.7 Å². The smallest absolute Gasteiger partial charge is 0.317 e. The van der Waals surface area contributed by atoms with Gasteiger partial charge in [-0.1, -0.05) is 13.8 Å². The van der Waals surface area contributed by atoms with Crippen LogP contribution in [0, 0.1) is 5.41 Å². The van der Waals surface area contributed by atoms with Crippen molar-refractivity contribution in [1.29, 1.82) is 0 Å². The summed E-state index contributed by atoms with van der Waals surface area (Å²) >= 11 is 0. The number of rotatable bonds is 3. The molecule has 1 saturated heterocycles. The summed E-state index contributed by atoms with van der Waals surface area (Å²) in [4.78, 5) is 13.3. The van der Waals surface area contributed by atoms with Gasteiger partial charge < -0.3 is 15.5 Å². The number of nitrogens with zero attached hydrogens (tertiary/aromatic N) is 1. The monoisotopic (exact) mass is 227 g/mol. The Hall–Kier alpha value is -0.770. The van der Waals surface area contributed by atoms with Gasteiger partial charge in [-0.3, -0.25) is 0 Å². The summed E-state index contributed by atoms with van der Waals surface area (Å²) in [5.41, 5.74) is 0.274. The Morgan fingerprint density at radius 3 is 2.81 bits per heavy atom. The molecule has 1 atom stereocenters. The number of piperidine rings is 1. The van der Waals surface area contributed by atoms with Crippen LogP contribution < -0.4 is 10.6 Å². The van der Waals surface area contributed by atoms with E-state index in [1.807, 2.05) is 14.0 Å². The lowest BCUT2D eigenvalue weighted by Crippen LogP contribution is -2.54. The van der Waals surface area contributed by atoms with Crippen LogP contribution in [-0.4, -0.2) is 43.7 Å². The zero-order valence-corrected chi connectivity index (χ0v) is 11.0. The highest BCUT2D eigenvalue weighted by Gasteiger charge is 2.31. The van der Waals surface area contributed by atoms with Gasteiger partial charge >= 0.3 is 6.03 Å². The van der Waals surface area contributed by atoms with Crippen molar-refractivity contribution in [1.82, 2.24) is 15.5 Å². The summed E-state index contributed by atoms with van der Waals surface area (Å²) in [6.07, 6.45) is 2.45. The molecule has 0 aromatic heterocycles. The standard InChI is InChI=1S/C12H25N3O/c1-5-15(4)11(16)14-9-10-12(2,3)7-6-8-13-10/h10,13H,5-9H2,1-4H3,(H,14,16). The van der Waals surface area contributed by atoms with Gasteiger partial charge in [-0.15, -0.1) is 0 Å². The molecule has 1 rings (SSSR count). The number of amides is 2. The molecule has 1 unspecified atom stereocenters. The SMILES string of the molecule is CCN(C)C(=O)NCC1NCCCC1(C)C. The highest BCUT2D eigenvalue weighted by molar-refractivity contribution is 5.73. The molecule has 4 heteroatoms. The Labute approximate surface area is 98.8 Å². The Bertz CT molecular complexity index is 240. The molecule has 1 fully saturated rings. The lowest BCUT2D eigenvalue weighted by Gasteiger charge is -2.39. The van der Waals surface area contributed by atoms with Crippen LogP contribution in [0.3, 0.4) is 0 Å². The molecule has 94 valence electrons. The van der Waals surface area contributed by atoms with Crippen molar-refractivity contribution in [3.05, 3.63) is 0 Å². The van der Waals surface area contributed by atoms with Crippen molar-refractivity contribution in [2.45, 2.75) is 39.7 Å². The second-order valence-electron chi connectivity index (χ2n) is 5.30. The van der Waals surface area contributed by atoms with Crippen molar-refractivity contribution in [2.75, 3.05) is 26.7 Å². The molecule has 0 spiro atoms. The molecule has 2 amide bonds. The fourth-order valence-electron chi connectivity index (χ4n) is 2.09. The second-order valence-corrected chi connectivity index (χ2v) is 5.30. The van der Waals surface area contributed by atoms with E-state index in [2.05, 4.69) is 24.5 Å². The normalized spacial score (nSPS) is 23.9. The molecule has 16 heavy (non-hydrogen) atoms. The van der Waals surface area contributed by atoms with E-state index >= 15 is 0 Å². The topological polar surface area (TPSA) is 44.4 Å². The summed E-state index contributed by atoms with van der Waals surface area (Å²) in [7, 11) is 1.81.